The van der Waals surface area contributed by atoms with Crippen LogP contribution in [0.4, 0.5) is 10.5 Å². The standard InChI is InChI=1S/C36H44ClN3O8S/c1-39(28-22-45-23-28)35(42)48-32-7-4-17-47-36(14-5-15-36)34(41)38-49(43,44)29-11-13-33-31(19-29)40(20-25-9-12-30(25)32)16-3-2-6-24-18-27(37)10-8-26(24)21-46-33/h4,7-8,10-11,13,18-19,25,28,30,32H,2-3,5-6,9,12,14-17,20-23H2,1H3,(H,38,41)/b7-4+/t25-,30+,32-/m0/s1. The maximum absolute atomic E-state index is 13.7. The summed E-state index contributed by atoms with van der Waals surface area (Å²) in [5.41, 5.74) is 1.57. The Balaban J connectivity index is 1.24. The summed E-state index contributed by atoms with van der Waals surface area (Å²) in [5.74, 6) is 0.0862. The number of carbonyl (C=O) groups excluding carboxylic acids is 2. The number of rotatable bonds is 2. The molecular weight excluding hydrogens is 670 g/mol. The number of sulfonamides is 1. The maximum Gasteiger partial charge on any atom is 0.410 e. The number of nitrogens with zero attached hydrogens (tertiary/aromatic N) is 2. The van der Waals surface area contributed by atoms with Crippen molar-refractivity contribution in [2.45, 2.75) is 80.6 Å². The topological polar surface area (TPSA) is 124 Å². The molecule has 13 heteroatoms. The van der Waals surface area contributed by atoms with E-state index < -0.39 is 33.7 Å². The fraction of sp³-hybridized carbons (Fsp3) is 0.556. The van der Waals surface area contributed by atoms with Crippen molar-refractivity contribution in [2.24, 2.45) is 11.8 Å². The molecule has 5 aliphatic rings. The number of likely N-dealkylation sites (N-methyl/N-ethyl adjacent to an activating group) is 1. The Bertz CT molecular complexity index is 1710. The van der Waals surface area contributed by atoms with Crippen LogP contribution < -0.4 is 14.4 Å². The van der Waals surface area contributed by atoms with Gasteiger partial charge in [0.2, 0.25) is 0 Å². The lowest BCUT2D eigenvalue weighted by molar-refractivity contribution is -0.155. The van der Waals surface area contributed by atoms with E-state index >= 15 is 0 Å². The Morgan fingerprint density at radius 3 is 2.63 bits per heavy atom. The smallest absolute Gasteiger partial charge is 0.410 e. The second-order valence-electron chi connectivity index (χ2n) is 13.9. The summed E-state index contributed by atoms with van der Waals surface area (Å²) < 4.78 is 53.7. The van der Waals surface area contributed by atoms with Crippen molar-refractivity contribution in [1.82, 2.24) is 9.62 Å². The van der Waals surface area contributed by atoms with Gasteiger partial charge in [0.15, 0.2) is 0 Å². The van der Waals surface area contributed by atoms with E-state index in [0.717, 1.165) is 49.7 Å². The molecule has 11 nitrogen and oxygen atoms in total. The number of fused-ring (bicyclic) bond motifs is 3. The van der Waals surface area contributed by atoms with Gasteiger partial charge < -0.3 is 28.7 Å². The van der Waals surface area contributed by atoms with Crippen LogP contribution >= 0.6 is 11.6 Å². The lowest BCUT2D eigenvalue weighted by Crippen LogP contribution is -2.55. The summed E-state index contributed by atoms with van der Waals surface area (Å²) in [6, 6.07) is 10.6. The molecule has 2 saturated carbocycles. The van der Waals surface area contributed by atoms with Gasteiger partial charge in [-0.1, -0.05) is 23.7 Å². The number of ether oxygens (including phenoxy) is 4. The monoisotopic (exact) mass is 713 g/mol. The molecule has 2 aliphatic carbocycles. The van der Waals surface area contributed by atoms with Crippen LogP contribution in [0.5, 0.6) is 5.75 Å². The van der Waals surface area contributed by atoms with Gasteiger partial charge in [0.1, 0.15) is 24.1 Å². The molecule has 49 heavy (non-hydrogen) atoms. The molecule has 264 valence electrons. The highest BCUT2D eigenvalue weighted by Crippen LogP contribution is 2.43. The van der Waals surface area contributed by atoms with Crippen molar-refractivity contribution >= 4 is 39.3 Å². The summed E-state index contributed by atoms with van der Waals surface area (Å²) in [6.07, 6.45) is 8.75. The lowest BCUT2D eigenvalue weighted by Gasteiger charge is -2.44. The highest BCUT2D eigenvalue weighted by Gasteiger charge is 2.47. The first-order valence-corrected chi connectivity index (χ1v) is 19.2. The summed E-state index contributed by atoms with van der Waals surface area (Å²) in [5, 5.41) is 0.679. The summed E-state index contributed by atoms with van der Waals surface area (Å²) >= 11 is 6.35. The molecule has 2 aromatic rings. The summed E-state index contributed by atoms with van der Waals surface area (Å²) in [4.78, 5) is 30.6. The van der Waals surface area contributed by atoms with Crippen LogP contribution in [0.25, 0.3) is 0 Å². The Kier molecular flexibility index (Phi) is 9.84. The first-order valence-electron chi connectivity index (χ1n) is 17.3. The van der Waals surface area contributed by atoms with E-state index in [-0.39, 0.29) is 29.4 Å². The van der Waals surface area contributed by atoms with Crippen molar-refractivity contribution in [1.29, 1.82) is 0 Å². The van der Waals surface area contributed by atoms with Crippen LogP contribution in [0.15, 0.2) is 53.4 Å². The highest BCUT2D eigenvalue weighted by atomic mass is 35.5. The number of hydrogen-bond donors (Lipinski definition) is 1. The molecule has 3 atom stereocenters. The van der Waals surface area contributed by atoms with Gasteiger partial charge in [-0.2, -0.15) is 0 Å². The normalized spacial score (nSPS) is 27.3. The van der Waals surface area contributed by atoms with Crippen molar-refractivity contribution in [3.05, 3.63) is 64.7 Å². The number of aryl methyl sites for hydroxylation is 1. The van der Waals surface area contributed by atoms with Gasteiger partial charge in [0.05, 0.1) is 36.4 Å². The molecule has 7 rings (SSSR count). The molecule has 3 aliphatic heterocycles. The number of benzene rings is 2. The Morgan fingerprint density at radius 1 is 1.08 bits per heavy atom. The van der Waals surface area contributed by atoms with Gasteiger partial charge in [0, 0.05) is 31.1 Å². The van der Waals surface area contributed by atoms with E-state index in [1.807, 2.05) is 24.3 Å². The van der Waals surface area contributed by atoms with Gasteiger partial charge in [-0.05, 0) is 105 Å². The van der Waals surface area contributed by atoms with Gasteiger partial charge in [0.25, 0.3) is 15.9 Å². The molecule has 0 aromatic heterocycles. The second kappa shape index (κ2) is 14.1. The van der Waals surface area contributed by atoms with Crippen LogP contribution in [0.1, 0.15) is 56.1 Å². The molecule has 1 spiro atoms. The number of amides is 2. The number of halogens is 1. The highest BCUT2D eigenvalue weighted by molar-refractivity contribution is 7.90. The quantitative estimate of drug-likeness (QED) is 0.417. The van der Waals surface area contributed by atoms with Gasteiger partial charge in [-0.25, -0.2) is 17.9 Å². The minimum absolute atomic E-state index is 0.0116. The summed E-state index contributed by atoms with van der Waals surface area (Å²) in [6.45, 7) is 2.63. The van der Waals surface area contributed by atoms with Gasteiger partial charge >= 0.3 is 6.09 Å². The van der Waals surface area contributed by atoms with Crippen LogP contribution in [-0.2, 0) is 42.1 Å². The molecular formula is C36H44ClN3O8S. The molecule has 3 fully saturated rings. The van der Waals surface area contributed by atoms with Crippen molar-refractivity contribution in [3.8, 4) is 5.75 Å². The molecule has 0 radical (unpaired) electrons. The van der Waals surface area contributed by atoms with Crippen molar-refractivity contribution < 1.29 is 37.0 Å². The molecule has 2 amide bonds. The lowest BCUT2D eigenvalue weighted by atomic mass is 9.70. The predicted molar refractivity (Wildman–Crippen MR) is 183 cm³/mol. The van der Waals surface area contributed by atoms with Crippen LogP contribution in [0.2, 0.25) is 5.02 Å². The van der Waals surface area contributed by atoms with Crippen LogP contribution in [0.3, 0.4) is 0 Å². The van der Waals surface area contributed by atoms with Crippen LogP contribution in [-0.4, -0.2) is 83.0 Å². The van der Waals surface area contributed by atoms with E-state index in [2.05, 4.69) is 9.62 Å². The van der Waals surface area contributed by atoms with Gasteiger partial charge in [-0.3, -0.25) is 4.79 Å². The fourth-order valence-corrected chi connectivity index (χ4v) is 8.55. The maximum atomic E-state index is 13.7. The second-order valence-corrected chi connectivity index (χ2v) is 16.0. The average molecular weight is 714 g/mol. The fourth-order valence-electron chi connectivity index (χ4n) is 7.29. The molecule has 2 aromatic carbocycles. The average Bonchev–Trinajstić information content (AvgIpc) is 3.03. The number of nitrogens with one attached hydrogen (secondary N) is 1. The Morgan fingerprint density at radius 2 is 1.92 bits per heavy atom. The minimum Gasteiger partial charge on any atom is -0.487 e. The third-order valence-electron chi connectivity index (χ3n) is 10.9. The zero-order chi connectivity index (χ0) is 34.2. The molecule has 1 saturated heterocycles. The van der Waals surface area contributed by atoms with Gasteiger partial charge in [-0.15, -0.1) is 0 Å². The predicted octanol–water partition coefficient (Wildman–Crippen LogP) is 5.24. The third kappa shape index (κ3) is 7.15. The van der Waals surface area contributed by atoms with E-state index in [1.54, 1.807) is 30.2 Å². The van der Waals surface area contributed by atoms with Crippen molar-refractivity contribution in [2.75, 3.05) is 44.9 Å². The molecule has 2 bridgehead atoms. The zero-order valence-electron chi connectivity index (χ0n) is 27.8. The van der Waals surface area contributed by atoms with E-state index in [0.29, 0.717) is 62.2 Å². The van der Waals surface area contributed by atoms with E-state index in [9.17, 15) is 18.0 Å². The number of hydrogen-bond acceptors (Lipinski definition) is 9. The Labute approximate surface area is 292 Å². The molecule has 1 N–H and O–H groups in total. The van der Waals surface area contributed by atoms with Crippen molar-refractivity contribution in [3.63, 3.8) is 0 Å². The minimum atomic E-state index is -4.22. The first kappa shape index (κ1) is 34.1. The van der Waals surface area contributed by atoms with Crippen LogP contribution in [0, 0.1) is 11.8 Å². The molecule has 0 unspecified atom stereocenters. The molecule has 3 heterocycles. The largest absolute Gasteiger partial charge is 0.487 e. The third-order valence-corrected chi connectivity index (χ3v) is 12.5. The summed E-state index contributed by atoms with van der Waals surface area (Å²) in [7, 11) is -2.48. The Hall–Kier alpha value is -3.32. The van der Waals surface area contributed by atoms with E-state index in [1.165, 1.54) is 6.07 Å². The zero-order valence-corrected chi connectivity index (χ0v) is 29.3. The van der Waals surface area contributed by atoms with E-state index in [4.69, 9.17) is 30.5 Å². The number of carbonyl (C=O) groups is 2. The first-order chi connectivity index (χ1) is 23.6. The SMILES string of the molecule is CN(C(=O)O[C@H]1/C=C/COC2(CCC2)C(=O)NS(=O)(=O)c2ccc3c(c2)N(CCCCc2cc(Cl)ccc2CO3)C[C@@H]2CC[C@H]21)C1COC1. The number of anilines is 1.